The van der Waals surface area contributed by atoms with Gasteiger partial charge in [-0.3, -0.25) is 4.90 Å². The summed E-state index contributed by atoms with van der Waals surface area (Å²) in [6.07, 6.45) is 7.69. The number of rotatable bonds is 5. The van der Waals surface area contributed by atoms with Crippen molar-refractivity contribution in [3.63, 3.8) is 0 Å². The van der Waals surface area contributed by atoms with E-state index in [1.165, 1.54) is 24.8 Å². The molecule has 0 bridgehead atoms. The maximum atomic E-state index is 5.35. The molecule has 0 spiro atoms. The molecule has 1 atom stereocenters. The summed E-state index contributed by atoms with van der Waals surface area (Å²) in [6, 6.07) is 10.6. The molecule has 0 aliphatic carbocycles. The number of piperidine rings is 1. The van der Waals surface area contributed by atoms with Gasteiger partial charge in [0, 0.05) is 43.2 Å². The van der Waals surface area contributed by atoms with Crippen molar-refractivity contribution in [2.45, 2.75) is 31.8 Å². The van der Waals surface area contributed by atoms with E-state index in [1.807, 2.05) is 42.7 Å². The van der Waals surface area contributed by atoms with Gasteiger partial charge in [0.1, 0.15) is 0 Å². The van der Waals surface area contributed by atoms with E-state index in [4.69, 9.17) is 4.74 Å². The molecule has 1 unspecified atom stereocenters. The molecule has 22 heavy (non-hydrogen) atoms. The highest BCUT2D eigenvalue weighted by atomic mass is 16.5. The van der Waals surface area contributed by atoms with Gasteiger partial charge in [-0.2, -0.15) is 0 Å². The molecule has 4 nitrogen and oxygen atoms in total. The van der Waals surface area contributed by atoms with Gasteiger partial charge < -0.3 is 4.74 Å². The van der Waals surface area contributed by atoms with E-state index in [0.29, 0.717) is 6.04 Å². The molecule has 0 saturated carbocycles. The summed E-state index contributed by atoms with van der Waals surface area (Å²) < 4.78 is 5.35. The molecular weight excluding hydrogens is 274 g/mol. The van der Waals surface area contributed by atoms with Gasteiger partial charge in [-0.05, 0) is 19.4 Å². The summed E-state index contributed by atoms with van der Waals surface area (Å²) >= 11 is 0. The fourth-order valence-electron chi connectivity index (χ4n) is 3.06. The lowest BCUT2D eigenvalue weighted by atomic mass is 10.0. The molecule has 0 amide bonds. The molecule has 0 N–H and O–H groups in total. The number of hydrogen-bond acceptors (Lipinski definition) is 4. The maximum Gasteiger partial charge on any atom is 0.159 e. The third-order valence-electron chi connectivity index (χ3n) is 4.23. The van der Waals surface area contributed by atoms with Gasteiger partial charge in [-0.1, -0.05) is 36.8 Å². The van der Waals surface area contributed by atoms with Crippen LogP contribution in [0.4, 0.5) is 0 Å². The number of likely N-dealkylation sites (tertiary alicyclic amines) is 1. The van der Waals surface area contributed by atoms with Gasteiger partial charge in [-0.25, -0.2) is 9.97 Å². The Labute approximate surface area is 132 Å². The molecule has 2 aromatic rings. The minimum absolute atomic E-state index is 0.521. The summed E-state index contributed by atoms with van der Waals surface area (Å²) in [5.41, 5.74) is 2.23. The van der Waals surface area contributed by atoms with E-state index in [1.54, 1.807) is 7.11 Å². The molecule has 1 fully saturated rings. The van der Waals surface area contributed by atoms with Crippen molar-refractivity contribution >= 4 is 0 Å². The van der Waals surface area contributed by atoms with E-state index >= 15 is 0 Å². The second kappa shape index (κ2) is 7.47. The molecule has 1 aliphatic heterocycles. The van der Waals surface area contributed by atoms with E-state index in [2.05, 4.69) is 14.9 Å². The smallest absolute Gasteiger partial charge is 0.159 e. The van der Waals surface area contributed by atoms with Crippen LogP contribution in [0.15, 0.2) is 42.7 Å². The average Bonchev–Trinajstić information content (AvgIpc) is 2.58. The fourth-order valence-corrected chi connectivity index (χ4v) is 3.06. The highest BCUT2D eigenvalue weighted by Crippen LogP contribution is 2.20. The average molecular weight is 297 g/mol. The van der Waals surface area contributed by atoms with Crippen molar-refractivity contribution in [2.24, 2.45) is 0 Å². The monoisotopic (exact) mass is 297 g/mol. The lowest BCUT2D eigenvalue weighted by molar-refractivity contribution is 0.0599. The highest BCUT2D eigenvalue weighted by Gasteiger charge is 2.22. The summed E-state index contributed by atoms with van der Waals surface area (Å²) in [6.45, 7) is 2.85. The zero-order valence-corrected chi connectivity index (χ0v) is 13.1. The third kappa shape index (κ3) is 3.70. The summed E-state index contributed by atoms with van der Waals surface area (Å²) in [7, 11) is 1.78. The van der Waals surface area contributed by atoms with Crippen molar-refractivity contribution in [3.8, 4) is 11.4 Å². The molecule has 4 heteroatoms. The van der Waals surface area contributed by atoms with Crippen LogP contribution in [0.25, 0.3) is 11.4 Å². The number of hydrogen-bond donors (Lipinski definition) is 0. The van der Waals surface area contributed by atoms with Gasteiger partial charge in [0.05, 0.1) is 6.61 Å². The van der Waals surface area contributed by atoms with Gasteiger partial charge in [-0.15, -0.1) is 0 Å². The zero-order valence-electron chi connectivity index (χ0n) is 13.1. The first kappa shape index (κ1) is 15.1. The maximum absolute atomic E-state index is 5.35. The third-order valence-corrected chi connectivity index (χ3v) is 4.23. The minimum atomic E-state index is 0.521. The van der Waals surface area contributed by atoms with E-state index < -0.39 is 0 Å². The molecule has 1 aliphatic rings. The summed E-state index contributed by atoms with van der Waals surface area (Å²) in [4.78, 5) is 11.5. The molecule has 1 saturated heterocycles. The SMILES string of the molecule is COCC1CCCCN1Cc1cnc(-c2ccccc2)nc1. The van der Waals surface area contributed by atoms with Crippen LogP contribution < -0.4 is 0 Å². The van der Waals surface area contributed by atoms with Crippen LogP contribution in [0.1, 0.15) is 24.8 Å². The van der Waals surface area contributed by atoms with Gasteiger partial charge in [0.25, 0.3) is 0 Å². The molecule has 116 valence electrons. The number of methoxy groups -OCH3 is 1. The van der Waals surface area contributed by atoms with Crippen LogP contribution in [0.3, 0.4) is 0 Å². The molecular formula is C18H23N3O. The normalized spacial score (nSPS) is 19.2. The Hall–Kier alpha value is -1.78. The molecule has 1 aromatic heterocycles. The van der Waals surface area contributed by atoms with Crippen LogP contribution in [0.2, 0.25) is 0 Å². The molecule has 0 radical (unpaired) electrons. The number of nitrogens with zero attached hydrogens (tertiary/aromatic N) is 3. The fraction of sp³-hybridized carbons (Fsp3) is 0.444. The van der Waals surface area contributed by atoms with Crippen LogP contribution in [0, 0.1) is 0 Å². The molecule has 1 aromatic carbocycles. The topological polar surface area (TPSA) is 38.2 Å². The Balaban J connectivity index is 1.68. The molecule has 2 heterocycles. The van der Waals surface area contributed by atoms with Gasteiger partial charge in [0.15, 0.2) is 5.82 Å². The Morgan fingerprint density at radius 1 is 1.14 bits per heavy atom. The highest BCUT2D eigenvalue weighted by molar-refractivity contribution is 5.53. The van der Waals surface area contributed by atoms with Crippen LogP contribution in [0.5, 0.6) is 0 Å². The van der Waals surface area contributed by atoms with Crippen molar-refractivity contribution in [1.82, 2.24) is 14.9 Å². The summed E-state index contributed by atoms with van der Waals surface area (Å²) in [5, 5.41) is 0. The van der Waals surface area contributed by atoms with Crippen molar-refractivity contribution < 1.29 is 4.74 Å². The Kier molecular flexibility index (Phi) is 5.14. The number of benzene rings is 1. The standard InChI is InChI=1S/C18H23N3O/c1-22-14-17-9-5-6-10-21(17)13-15-11-19-18(20-12-15)16-7-3-2-4-8-16/h2-4,7-8,11-12,17H,5-6,9-10,13-14H2,1H3. The van der Waals surface area contributed by atoms with E-state index in [0.717, 1.165) is 31.1 Å². The largest absolute Gasteiger partial charge is 0.383 e. The van der Waals surface area contributed by atoms with E-state index in [9.17, 15) is 0 Å². The number of aromatic nitrogens is 2. The van der Waals surface area contributed by atoms with Crippen LogP contribution in [-0.4, -0.2) is 41.2 Å². The quantitative estimate of drug-likeness (QED) is 0.850. The van der Waals surface area contributed by atoms with Crippen molar-refractivity contribution in [1.29, 1.82) is 0 Å². The lowest BCUT2D eigenvalue weighted by Crippen LogP contribution is -2.41. The lowest BCUT2D eigenvalue weighted by Gasteiger charge is -2.35. The Bertz CT molecular complexity index is 569. The van der Waals surface area contributed by atoms with E-state index in [-0.39, 0.29) is 0 Å². The van der Waals surface area contributed by atoms with Crippen LogP contribution in [-0.2, 0) is 11.3 Å². The Morgan fingerprint density at radius 3 is 2.64 bits per heavy atom. The second-order valence-corrected chi connectivity index (χ2v) is 5.86. The van der Waals surface area contributed by atoms with Crippen molar-refractivity contribution in [3.05, 3.63) is 48.3 Å². The predicted molar refractivity (Wildman–Crippen MR) is 87.4 cm³/mol. The molecule has 3 rings (SSSR count). The van der Waals surface area contributed by atoms with Gasteiger partial charge >= 0.3 is 0 Å². The summed E-state index contributed by atoms with van der Waals surface area (Å²) in [5.74, 6) is 0.788. The van der Waals surface area contributed by atoms with Gasteiger partial charge in [0.2, 0.25) is 0 Å². The van der Waals surface area contributed by atoms with Crippen LogP contribution >= 0.6 is 0 Å². The first-order valence-electron chi connectivity index (χ1n) is 7.96. The second-order valence-electron chi connectivity index (χ2n) is 5.86. The predicted octanol–water partition coefficient (Wildman–Crippen LogP) is 3.14. The zero-order chi connectivity index (χ0) is 15.2. The first-order valence-corrected chi connectivity index (χ1v) is 7.96. The van der Waals surface area contributed by atoms with Crippen molar-refractivity contribution in [2.75, 3.05) is 20.3 Å². The Morgan fingerprint density at radius 2 is 1.91 bits per heavy atom. The first-order chi connectivity index (χ1) is 10.9. The minimum Gasteiger partial charge on any atom is -0.383 e. The number of ether oxygens (including phenoxy) is 1.